The number of rotatable bonds is 5. The highest BCUT2D eigenvalue weighted by atomic mass is 19.1. The summed E-state index contributed by atoms with van der Waals surface area (Å²) in [7, 11) is 1.59. The fourth-order valence-corrected chi connectivity index (χ4v) is 1.73. The minimum atomic E-state index is -1.15. The Morgan fingerprint density at radius 1 is 1.25 bits per heavy atom. The number of ether oxygens (including phenoxy) is 1. The molecule has 0 radical (unpaired) electrons. The van der Waals surface area contributed by atoms with E-state index in [1.54, 1.807) is 7.11 Å². The van der Waals surface area contributed by atoms with Crippen LogP contribution in [0.3, 0.4) is 0 Å². The van der Waals surface area contributed by atoms with Gasteiger partial charge in [0.1, 0.15) is 11.6 Å². The van der Waals surface area contributed by atoms with Crippen LogP contribution in [0.1, 0.15) is 15.9 Å². The predicted molar refractivity (Wildman–Crippen MR) is 73.7 cm³/mol. The zero-order chi connectivity index (χ0) is 14.5. The normalized spacial score (nSPS) is 10.1. The Balaban J connectivity index is 2.04. The Labute approximate surface area is 115 Å². The summed E-state index contributed by atoms with van der Waals surface area (Å²) in [4.78, 5) is 10.7. The molecule has 0 aliphatic carbocycles. The lowest BCUT2D eigenvalue weighted by Crippen LogP contribution is -2.03. The van der Waals surface area contributed by atoms with Gasteiger partial charge in [-0.3, -0.25) is 0 Å². The quantitative estimate of drug-likeness (QED) is 0.880. The summed E-state index contributed by atoms with van der Waals surface area (Å²) in [5, 5.41) is 11.7. The van der Waals surface area contributed by atoms with Crippen LogP contribution in [0.4, 0.5) is 10.1 Å². The van der Waals surface area contributed by atoms with Crippen LogP contribution in [0.2, 0.25) is 0 Å². The molecular weight excluding hydrogens is 261 g/mol. The number of halogens is 1. The average molecular weight is 275 g/mol. The lowest BCUT2D eigenvalue weighted by molar-refractivity contribution is 0.0696. The maximum Gasteiger partial charge on any atom is 0.335 e. The summed E-state index contributed by atoms with van der Waals surface area (Å²) in [5.41, 5.74) is 1.16. The smallest absolute Gasteiger partial charge is 0.335 e. The molecule has 104 valence electrons. The third-order valence-electron chi connectivity index (χ3n) is 2.86. The summed E-state index contributed by atoms with van der Waals surface area (Å²) in [5.74, 6) is -0.977. The molecule has 0 aliphatic rings. The second-order valence-corrected chi connectivity index (χ2v) is 4.20. The number of anilines is 1. The van der Waals surface area contributed by atoms with Crippen molar-refractivity contribution in [1.82, 2.24) is 0 Å². The first-order valence-electron chi connectivity index (χ1n) is 6.00. The number of hydrogen-bond acceptors (Lipinski definition) is 3. The van der Waals surface area contributed by atoms with Gasteiger partial charge in [0.05, 0.1) is 18.4 Å². The van der Waals surface area contributed by atoms with E-state index < -0.39 is 11.8 Å². The molecule has 0 bridgehead atoms. The average Bonchev–Trinajstić information content (AvgIpc) is 2.46. The highest BCUT2D eigenvalue weighted by Crippen LogP contribution is 2.18. The zero-order valence-corrected chi connectivity index (χ0v) is 10.9. The van der Waals surface area contributed by atoms with Gasteiger partial charge in [0.25, 0.3) is 0 Å². The molecule has 2 aromatic carbocycles. The van der Waals surface area contributed by atoms with Gasteiger partial charge in [-0.2, -0.15) is 0 Å². The van der Waals surface area contributed by atoms with Gasteiger partial charge < -0.3 is 15.2 Å². The van der Waals surface area contributed by atoms with E-state index in [1.165, 1.54) is 12.1 Å². The van der Waals surface area contributed by atoms with E-state index in [0.717, 1.165) is 17.4 Å². The molecular formula is C15H14FNO3. The van der Waals surface area contributed by atoms with Crippen LogP contribution in [0.25, 0.3) is 0 Å². The van der Waals surface area contributed by atoms with Crippen molar-refractivity contribution in [3.63, 3.8) is 0 Å². The van der Waals surface area contributed by atoms with Gasteiger partial charge in [0.2, 0.25) is 0 Å². The van der Waals surface area contributed by atoms with Crippen LogP contribution < -0.4 is 10.1 Å². The van der Waals surface area contributed by atoms with Crippen LogP contribution in [0.15, 0.2) is 42.5 Å². The maximum atomic E-state index is 13.7. The Hall–Kier alpha value is -2.56. The second kappa shape index (κ2) is 6.06. The largest absolute Gasteiger partial charge is 0.497 e. The summed E-state index contributed by atoms with van der Waals surface area (Å²) in [6, 6.07) is 11.2. The first-order chi connectivity index (χ1) is 9.60. The number of benzene rings is 2. The minimum absolute atomic E-state index is 0.0718. The van der Waals surface area contributed by atoms with Crippen molar-refractivity contribution < 1.29 is 19.0 Å². The van der Waals surface area contributed by atoms with E-state index in [9.17, 15) is 9.18 Å². The molecule has 0 aliphatic heterocycles. The Morgan fingerprint density at radius 2 is 1.95 bits per heavy atom. The fraction of sp³-hybridized carbons (Fsp3) is 0.133. The summed E-state index contributed by atoms with van der Waals surface area (Å²) >= 11 is 0. The number of carbonyl (C=O) groups is 1. The molecule has 20 heavy (non-hydrogen) atoms. The Kier molecular flexibility index (Phi) is 4.20. The summed E-state index contributed by atoms with van der Waals surface area (Å²) in [6.45, 7) is 0.438. The topological polar surface area (TPSA) is 58.6 Å². The molecule has 0 heterocycles. The number of aromatic carboxylic acids is 1. The molecule has 0 spiro atoms. The Morgan fingerprint density at radius 3 is 2.50 bits per heavy atom. The van der Waals surface area contributed by atoms with Crippen molar-refractivity contribution in [2.75, 3.05) is 12.4 Å². The summed E-state index contributed by atoms with van der Waals surface area (Å²) < 4.78 is 18.7. The molecule has 2 N–H and O–H groups in total. The fourth-order valence-electron chi connectivity index (χ4n) is 1.73. The van der Waals surface area contributed by atoms with Gasteiger partial charge in [-0.1, -0.05) is 12.1 Å². The molecule has 4 nitrogen and oxygen atoms in total. The molecule has 0 saturated carbocycles. The zero-order valence-electron chi connectivity index (χ0n) is 10.9. The van der Waals surface area contributed by atoms with Crippen LogP contribution in [-0.4, -0.2) is 18.2 Å². The van der Waals surface area contributed by atoms with E-state index in [1.807, 2.05) is 24.3 Å². The van der Waals surface area contributed by atoms with Crippen LogP contribution in [0.5, 0.6) is 5.75 Å². The molecule has 2 aromatic rings. The number of hydrogen-bond donors (Lipinski definition) is 2. The standard InChI is InChI=1S/C15H14FNO3/c1-20-12-5-2-10(3-6-12)9-17-14-7-4-11(15(18)19)8-13(14)16/h2-8,17H,9H2,1H3,(H,18,19). The lowest BCUT2D eigenvalue weighted by atomic mass is 10.2. The van der Waals surface area contributed by atoms with E-state index in [2.05, 4.69) is 5.32 Å². The lowest BCUT2D eigenvalue weighted by Gasteiger charge is -2.09. The number of nitrogens with one attached hydrogen (secondary N) is 1. The molecule has 0 fully saturated rings. The molecule has 0 atom stereocenters. The van der Waals surface area contributed by atoms with Crippen molar-refractivity contribution in [3.8, 4) is 5.75 Å². The van der Waals surface area contributed by atoms with Gasteiger partial charge in [0.15, 0.2) is 0 Å². The number of methoxy groups -OCH3 is 1. The Bertz CT molecular complexity index is 611. The molecule has 0 unspecified atom stereocenters. The monoisotopic (exact) mass is 275 g/mol. The third kappa shape index (κ3) is 3.26. The van der Waals surface area contributed by atoms with Crippen molar-refractivity contribution in [3.05, 3.63) is 59.4 Å². The highest BCUT2D eigenvalue weighted by molar-refractivity contribution is 5.88. The van der Waals surface area contributed by atoms with Gasteiger partial charge in [0, 0.05) is 6.54 Å². The highest BCUT2D eigenvalue weighted by Gasteiger charge is 2.08. The minimum Gasteiger partial charge on any atom is -0.497 e. The van der Waals surface area contributed by atoms with Crippen LogP contribution in [0, 0.1) is 5.82 Å². The van der Waals surface area contributed by atoms with E-state index in [-0.39, 0.29) is 11.3 Å². The number of carboxylic acid groups (broad SMARTS) is 1. The van der Waals surface area contributed by atoms with Crippen LogP contribution in [-0.2, 0) is 6.54 Å². The van der Waals surface area contributed by atoms with Crippen molar-refractivity contribution in [2.45, 2.75) is 6.54 Å². The van der Waals surface area contributed by atoms with Gasteiger partial charge in [-0.25, -0.2) is 9.18 Å². The van der Waals surface area contributed by atoms with Crippen molar-refractivity contribution in [1.29, 1.82) is 0 Å². The number of carboxylic acids is 1. The summed E-state index contributed by atoms with van der Waals surface area (Å²) in [6.07, 6.45) is 0. The second-order valence-electron chi connectivity index (χ2n) is 4.20. The molecule has 2 rings (SSSR count). The molecule has 0 aromatic heterocycles. The maximum absolute atomic E-state index is 13.7. The van der Waals surface area contributed by atoms with Gasteiger partial charge >= 0.3 is 5.97 Å². The van der Waals surface area contributed by atoms with Gasteiger partial charge in [-0.05, 0) is 35.9 Å². The molecule has 5 heteroatoms. The van der Waals surface area contributed by atoms with Crippen LogP contribution >= 0.6 is 0 Å². The van der Waals surface area contributed by atoms with Gasteiger partial charge in [-0.15, -0.1) is 0 Å². The van der Waals surface area contributed by atoms with E-state index in [0.29, 0.717) is 6.54 Å². The van der Waals surface area contributed by atoms with E-state index in [4.69, 9.17) is 9.84 Å². The first-order valence-corrected chi connectivity index (χ1v) is 6.00. The first kappa shape index (κ1) is 13.9. The third-order valence-corrected chi connectivity index (χ3v) is 2.86. The predicted octanol–water partition coefficient (Wildman–Crippen LogP) is 3.14. The molecule has 0 amide bonds. The molecule has 0 saturated heterocycles. The van der Waals surface area contributed by atoms with E-state index >= 15 is 0 Å². The van der Waals surface area contributed by atoms with Crippen molar-refractivity contribution in [2.24, 2.45) is 0 Å². The SMILES string of the molecule is COc1ccc(CNc2ccc(C(=O)O)cc2F)cc1. The van der Waals surface area contributed by atoms with Crippen molar-refractivity contribution >= 4 is 11.7 Å².